The van der Waals surface area contributed by atoms with Crippen molar-refractivity contribution in [1.82, 2.24) is 15.5 Å². The van der Waals surface area contributed by atoms with Gasteiger partial charge in [-0.2, -0.15) is 0 Å². The van der Waals surface area contributed by atoms with E-state index in [-0.39, 0.29) is 5.41 Å². The number of thiophene rings is 1. The van der Waals surface area contributed by atoms with Gasteiger partial charge < -0.3 is 10.6 Å². The number of piperazine rings is 1. The normalized spacial score (nSPS) is 18.2. The van der Waals surface area contributed by atoms with Gasteiger partial charge in [-0.05, 0) is 22.0 Å². The van der Waals surface area contributed by atoms with Crippen LogP contribution in [0.3, 0.4) is 0 Å². The van der Waals surface area contributed by atoms with Crippen molar-refractivity contribution in [2.24, 2.45) is 0 Å². The van der Waals surface area contributed by atoms with E-state index in [1.807, 2.05) is 11.3 Å². The minimum atomic E-state index is 0.199. The Morgan fingerprint density at radius 3 is 2.78 bits per heavy atom. The maximum absolute atomic E-state index is 3.59. The molecule has 1 saturated heterocycles. The van der Waals surface area contributed by atoms with E-state index in [0.717, 1.165) is 39.4 Å². The molecule has 0 unspecified atom stereocenters. The van der Waals surface area contributed by atoms with Crippen LogP contribution < -0.4 is 10.6 Å². The molecule has 0 aliphatic carbocycles. The number of hydrogen-bond acceptors (Lipinski definition) is 4. The second-order valence-corrected chi connectivity index (χ2v) is 7.29. The van der Waals surface area contributed by atoms with Gasteiger partial charge in [0.25, 0.3) is 0 Å². The number of nitrogens with zero attached hydrogens (tertiary/aromatic N) is 1. The third kappa shape index (κ3) is 4.03. The molecule has 0 atom stereocenters. The van der Waals surface area contributed by atoms with Gasteiger partial charge in [0.05, 0.1) is 0 Å². The lowest BCUT2D eigenvalue weighted by Gasteiger charge is -2.30. The molecule has 1 aromatic rings. The topological polar surface area (TPSA) is 27.3 Å². The van der Waals surface area contributed by atoms with Crippen LogP contribution in [0.2, 0.25) is 0 Å². The molecule has 18 heavy (non-hydrogen) atoms. The first kappa shape index (κ1) is 14.5. The summed E-state index contributed by atoms with van der Waals surface area (Å²) in [6.07, 6.45) is 0. The van der Waals surface area contributed by atoms with E-state index in [9.17, 15) is 0 Å². The first-order valence-corrected chi connectivity index (χ1v) is 8.13. The molecule has 0 spiro atoms. The van der Waals surface area contributed by atoms with Gasteiger partial charge in [0.1, 0.15) is 0 Å². The van der Waals surface area contributed by atoms with Gasteiger partial charge in [0.15, 0.2) is 0 Å². The van der Waals surface area contributed by atoms with Gasteiger partial charge in [-0.25, -0.2) is 0 Å². The quantitative estimate of drug-likeness (QED) is 0.866. The molecular weight excluding hydrogens is 310 g/mol. The third-order valence-electron chi connectivity index (χ3n) is 3.35. The molecule has 0 aromatic carbocycles. The Balaban J connectivity index is 1.78. The molecule has 1 aliphatic rings. The summed E-state index contributed by atoms with van der Waals surface area (Å²) in [5, 5.41) is 9.13. The molecule has 0 amide bonds. The predicted molar refractivity (Wildman–Crippen MR) is 82.4 cm³/mol. The molecule has 1 aliphatic heterocycles. The molecule has 0 saturated carbocycles. The van der Waals surface area contributed by atoms with E-state index >= 15 is 0 Å². The van der Waals surface area contributed by atoms with Crippen LogP contribution in [-0.4, -0.2) is 44.3 Å². The fourth-order valence-electron chi connectivity index (χ4n) is 2.15. The molecule has 2 N–H and O–H groups in total. The minimum absolute atomic E-state index is 0.199. The molecule has 3 nitrogen and oxygen atoms in total. The van der Waals surface area contributed by atoms with Crippen molar-refractivity contribution in [2.75, 3.05) is 39.4 Å². The zero-order chi connectivity index (χ0) is 13.0. The summed E-state index contributed by atoms with van der Waals surface area (Å²) in [4.78, 5) is 3.90. The lowest BCUT2D eigenvalue weighted by atomic mass is 9.91. The second kappa shape index (κ2) is 6.48. The Morgan fingerprint density at radius 2 is 2.17 bits per heavy atom. The zero-order valence-electron chi connectivity index (χ0n) is 11.1. The first-order valence-electron chi connectivity index (χ1n) is 6.46. The monoisotopic (exact) mass is 331 g/mol. The van der Waals surface area contributed by atoms with Gasteiger partial charge in [0.2, 0.25) is 0 Å². The number of halogens is 1. The Labute approximate surface area is 122 Å². The van der Waals surface area contributed by atoms with Gasteiger partial charge in [-0.15, -0.1) is 11.3 Å². The summed E-state index contributed by atoms with van der Waals surface area (Å²) < 4.78 is 1.19. The molecular formula is C13H22BrN3S. The smallest absolute Gasteiger partial charge is 0.0481 e. The molecule has 5 heteroatoms. The van der Waals surface area contributed by atoms with Crippen LogP contribution in [-0.2, 0) is 5.41 Å². The highest BCUT2D eigenvalue weighted by atomic mass is 79.9. The van der Waals surface area contributed by atoms with Crippen molar-refractivity contribution in [3.8, 4) is 0 Å². The summed E-state index contributed by atoms with van der Waals surface area (Å²) in [5.41, 5.74) is 0.199. The second-order valence-electron chi connectivity index (χ2n) is 5.47. The Bertz CT molecular complexity index is 372. The molecule has 1 fully saturated rings. The minimum Gasteiger partial charge on any atom is -0.314 e. The standard InChI is InChI=1S/C13H22BrN3S/c1-13(2,12-7-11(14)8-18-12)9-16-10-17-5-3-15-4-6-17/h7-8,15-16H,3-6,9-10H2,1-2H3. The average molecular weight is 332 g/mol. The van der Waals surface area contributed by atoms with Crippen LogP contribution in [0, 0.1) is 0 Å². The van der Waals surface area contributed by atoms with Gasteiger partial charge in [-0.3, -0.25) is 4.90 Å². The van der Waals surface area contributed by atoms with Crippen LogP contribution in [0.1, 0.15) is 18.7 Å². The molecule has 2 heterocycles. The van der Waals surface area contributed by atoms with Crippen molar-refractivity contribution in [2.45, 2.75) is 19.3 Å². The van der Waals surface area contributed by atoms with Crippen molar-refractivity contribution >= 4 is 27.3 Å². The van der Waals surface area contributed by atoms with E-state index in [2.05, 4.69) is 56.8 Å². The fraction of sp³-hybridized carbons (Fsp3) is 0.692. The highest BCUT2D eigenvalue weighted by molar-refractivity contribution is 9.10. The summed E-state index contributed by atoms with van der Waals surface area (Å²) >= 11 is 5.36. The van der Waals surface area contributed by atoms with Gasteiger partial charge >= 0.3 is 0 Å². The predicted octanol–water partition coefficient (Wildman–Crippen LogP) is 2.24. The fourth-order valence-corrected chi connectivity index (χ4v) is 3.71. The van der Waals surface area contributed by atoms with E-state index in [1.165, 1.54) is 9.35 Å². The van der Waals surface area contributed by atoms with Gasteiger partial charge in [0, 0.05) is 59.5 Å². The first-order chi connectivity index (χ1) is 8.58. The van der Waals surface area contributed by atoms with Crippen LogP contribution >= 0.6 is 27.3 Å². The number of hydrogen-bond donors (Lipinski definition) is 2. The SMILES string of the molecule is CC(C)(CNCN1CCNCC1)c1cc(Br)cs1. The van der Waals surface area contributed by atoms with E-state index in [1.54, 1.807) is 0 Å². The summed E-state index contributed by atoms with van der Waals surface area (Å²) in [6.45, 7) is 11.1. The van der Waals surface area contributed by atoms with Gasteiger partial charge in [-0.1, -0.05) is 13.8 Å². The van der Waals surface area contributed by atoms with E-state index < -0.39 is 0 Å². The highest BCUT2D eigenvalue weighted by Gasteiger charge is 2.22. The summed E-state index contributed by atoms with van der Waals surface area (Å²) in [5.74, 6) is 0. The third-order valence-corrected chi connectivity index (χ3v) is 5.40. The summed E-state index contributed by atoms with van der Waals surface area (Å²) in [6, 6.07) is 2.23. The number of nitrogens with one attached hydrogen (secondary N) is 2. The lowest BCUT2D eigenvalue weighted by Crippen LogP contribution is -2.48. The Kier molecular flexibility index (Phi) is 5.21. The average Bonchev–Trinajstić information content (AvgIpc) is 2.78. The van der Waals surface area contributed by atoms with Crippen molar-refractivity contribution in [1.29, 1.82) is 0 Å². The van der Waals surface area contributed by atoms with Crippen LogP contribution in [0.4, 0.5) is 0 Å². The van der Waals surface area contributed by atoms with Crippen molar-refractivity contribution in [3.05, 3.63) is 20.8 Å². The molecule has 102 valence electrons. The summed E-state index contributed by atoms with van der Waals surface area (Å²) in [7, 11) is 0. The largest absolute Gasteiger partial charge is 0.314 e. The maximum Gasteiger partial charge on any atom is 0.0481 e. The lowest BCUT2D eigenvalue weighted by molar-refractivity contribution is 0.218. The van der Waals surface area contributed by atoms with E-state index in [0.29, 0.717) is 0 Å². The van der Waals surface area contributed by atoms with Crippen molar-refractivity contribution < 1.29 is 0 Å². The molecule has 2 rings (SSSR count). The molecule has 0 bridgehead atoms. The maximum atomic E-state index is 3.59. The zero-order valence-corrected chi connectivity index (χ0v) is 13.5. The van der Waals surface area contributed by atoms with Crippen molar-refractivity contribution in [3.63, 3.8) is 0 Å². The molecule has 0 radical (unpaired) electrons. The van der Waals surface area contributed by atoms with Crippen LogP contribution in [0.5, 0.6) is 0 Å². The van der Waals surface area contributed by atoms with E-state index in [4.69, 9.17) is 0 Å². The van der Waals surface area contributed by atoms with Crippen LogP contribution in [0.15, 0.2) is 15.9 Å². The highest BCUT2D eigenvalue weighted by Crippen LogP contribution is 2.30. The Morgan fingerprint density at radius 1 is 1.44 bits per heavy atom. The van der Waals surface area contributed by atoms with Crippen LogP contribution in [0.25, 0.3) is 0 Å². The molecule has 1 aromatic heterocycles. The Hall–Kier alpha value is 0.0600. The number of rotatable bonds is 5.